The smallest absolute Gasteiger partial charge is 0.212 e. The molecule has 1 heterocycles. The van der Waals surface area contributed by atoms with Crippen LogP contribution in [0.2, 0.25) is 0 Å². The lowest BCUT2D eigenvalue weighted by atomic mass is 10.1. The molecule has 1 aromatic carbocycles. The van der Waals surface area contributed by atoms with Gasteiger partial charge in [0.2, 0.25) is 5.78 Å². The Labute approximate surface area is 94.9 Å². The number of aromatic hydroxyl groups is 1. The maximum Gasteiger partial charge on any atom is 0.212 e. The van der Waals surface area contributed by atoms with Gasteiger partial charge in [0.25, 0.3) is 0 Å². The minimum atomic E-state index is -0.223. The zero-order valence-electron chi connectivity index (χ0n) is 7.70. The molecule has 0 saturated heterocycles. The molecular weight excluding hydrogens is 258 g/mol. The van der Waals surface area contributed by atoms with Crippen LogP contribution >= 0.6 is 15.9 Å². The van der Waals surface area contributed by atoms with Gasteiger partial charge in [0, 0.05) is 10.7 Å². The normalized spacial score (nSPS) is 10.2. The highest BCUT2D eigenvalue weighted by molar-refractivity contribution is 9.10. The number of ketones is 1. The Morgan fingerprint density at radius 1 is 1.33 bits per heavy atom. The van der Waals surface area contributed by atoms with E-state index in [-0.39, 0.29) is 11.5 Å². The van der Waals surface area contributed by atoms with Crippen molar-refractivity contribution < 1.29 is 9.90 Å². The first-order chi connectivity index (χ1) is 7.18. The number of H-pyrrole nitrogens is 1. The molecule has 2 N–H and O–H groups in total. The van der Waals surface area contributed by atoms with Gasteiger partial charge in [-0.1, -0.05) is 12.1 Å². The molecule has 0 bridgehead atoms. The van der Waals surface area contributed by atoms with Crippen molar-refractivity contribution in [3.8, 4) is 5.75 Å². The number of hydrogen-bond acceptors (Lipinski definition) is 2. The van der Waals surface area contributed by atoms with E-state index in [1.807, 2.05) is 0 Å². The molecule has 0 atom stereocenters. The molecule has 0 fully saturated rings. The van der Waals surface area contributed by atoms with Gasteiger partial charge in [-0.15, -0.1) is 0 Å². The van der Waals surface area contributed by atoms with Crippen LogP contribution in [0.25, 0.3) is 0 Å². The zero-order valence-corrected chi connectivity index (χ0v) is 9.28. The lowest BCUT2D eigenvalue weighted by Gasteiger charge is -2.00. The van der Waals surface area contributed by atoms with Crippen LogP contribution < -0.4 is 0 Å². The zero-order chi connectivity index (χ0) is 10.8. The molecule has 4 heteroatoms. The van der Waals surface area contributed by atoms with Crippen molar-refractivity contribution in [2.45, 2.75) is 0 Å². The molecule has 0 aliphatic heterocycles. The number of aromatic nitrogens is 1. The van der Waals surface area contributed by atoms with Crippen LogP contribution in [-0.4, -0.2) is 15.9 Å². The molecule has 2 aromatic rings. The SMILES string of the molecule is O=C(c1cc(Br)c[nH]1)c1ccccc1O. The summed E-state index contributed by atoms with van der Waals surface area (Å²) in [5, 5.41) is 9.50. The highest BCUT2D eigenvalue weighted by Crippen LogP contribution is 2.20. The van der Waals surface area contributed by atoms with Crippen molar-refractivity contribution >= 4 is 21.7 Å². The van der Waals surface area contributed by atoms with E-state index in [9.17, 15) is 9.90 Å². The van der Waals surface area contributed by atoms with Crippen LogP contribution in [0.5, 0.6) is 5.75 Å². The monoisotopic (exact) mass is 265 g/mol. The molecule has 3 nitrogen and oxygen atoms in total. The van der Waals surface area contributed by atoms with Gasteiger partial charge in [0.15, 0.2) is 0 Å². The Bertz CT molecular complexity index is 505. The van der Waals surface area contributed by atoms with E-state index in [0.29, 0.717) is 11.3 Å². The van der Waals surface area contributed by atoms with E-state index in [4.69, 9.17) is 0 Å². The number of para-hydroxylation sites is 1. The Balaban J connectivity index is 2.41. The number of carbonyl (C=O) groups is 1. The van der Waals surface area contributed by atoms with Gasteiger partial charge in [-0.25, -0.2) is 0 Å². The first-order valence-electron chi connectivity index (χ1n) is 4.35. The first kappa shape index (κ1) is 9.98. The molecule has 0 radical (unpaired) electrons. The number of rotatable bonds is 2. The summed E-state index contributed by atoms with van der Waals surface area (Å²) in [5.41, 5.74) is 0.746. The molecule has 0 aliphatic carbocycles. The van der Waals surface area contributed by atoms with Crippen LogP contribution in [0.15, 0.2) is 41.0 Å². The predicted molar refractivity (Wildman–Crippen MR) is 60.0 cm³/mol. The van der Waals surface area contributed by atoms with Gasteiger partial charge in [0.05, 0.1) is 11.3 Å². The Morgan fingerprint density at radius 2 is 2.07 bits per heavy atom. The molecule has 2 rings (SSSR count). The van der Waals surface area contributed by atoms with Crippen LogP contribution in [0.1, 0.15) is 16.1 Å². The summed E-state index contributed by atoms with van der Waals surface area (Å²) < 4.78 is 0.807. The van der Waals surface area contributed by atoms with Crippen molar-refractivity contribution in [1.29, 1.82) is 0 Å². The minimum absolute atomic E-state index is 0.00628. The number of nitrogens with one attached hydrogen (secondary N) is 1. The Morgan fingerprint density at radius 3 is 2.67 bits per heavy atom. The fraction of sp³-hybridized carbons (Fsp3) is 0. The van der Waals surface area contributed by atoms with Crippen molar-refractivity contribution in [3.63, 3.8) is 0 Å². The lowest BCUT2D eigenvalue weighted by molar-refractivity contribution is 0.103. The molecule has 1 aromatic heterocycles. The molecule has 0 unspecified atom stereocenters. The molecule has 0 saturated carbocycles. The fourth-order valence-corrected chi connectivity index (χ4v) is 1.65. The highest BCUT2D eigenvalue weighted by atomic mass is 79.9. The van der Waals surface area contributed by atoms with Gasteiger partial charge in [0.1, 0.15) is 5.75 Å². The van der Waals surface area contributed by atoms with Crippen LogP contribution in [-0.2, 0) is 0 Å². The summed E-state index contributed by atoms with van der Waals surface area (Å²) in [6.07, 6.45) is 1.67. The van der Waals surface area contributed by atoms with Gasteiger partial charge >= 0.3 is 0 Å². The van der Waals surface area contributed by atoms with Crippen LogP contribution in [0.3, 0.4) is 0 Å². The summed E-state index contributed by atoms with van der Waals surface area (Å²) in [6, 6.07) is 8.15. The van der Waals surface area contributed by atoms with E-state index in [2.05, 4.69) is 20.9 Å². The fourth-order valence-electron chi connectivity index (χ4n) is 1.31. The first-order valence-corrected chi connectivity index (χ1v) is 5.14. The standard InChI is InChI=1S/C11H8BrNO2/c12-7-5-9(13-6-7)11(15)8-3-1-2-4-10(8)14/h1-6,13-14H. The summed E-state index contributed by atoms with van der Waals surface area (Å²) in [5.74, 6) is -0.230. The van der Waals surface area contributed by atoms with Gasteiger partial charge in [-0.3, -0.25) is 4.79 Å². The van der Waals surface area contributed by atoms with Crippen LogP contribution in [0, 0.1) is 0 Å². The second-order valence-electron chi connectivity index (χ2n) is 3.08. The predicted octanol–water partition coefficient (Wildman–Crippen LogP) is 2.71. The van der Waals surface area contributed by atoms with Gasteiger partial charge < -0.3 is 10.1 Å². The molecule has 0 amide bonds. The average Bonchev–Trinajstić information content (AvgIpc) is 2.65. The van der Waals surface area contributed by atoms with E-state index in [1.54, 1.807) is 30.5 Å². The lowest BCUT2D eigenvalue weighted by Crippen LogP contribution is -2.01. The number of benzene rings is 1. The molecule has 15 heavy (non-hydrogen) atoms. The second kappa shape index (κ2) is 3.90. The third-order valence-electron chi connectivity index (χ3n) is 2.04. The maximum absolute atomic E-state index is 11.9. The second-order valence-corrected chi connectivity index (χ2v) is 3.99. The van der Waals surface area contributed by atoms with E-state index < -0.39 is 0 Å². The summed E-state index contributed by atoms with van der Waals surface area (Å²) in [4.78, 5) is 14.7. The Kier molecular flexibility index (Phi) is 2.60. The van der Waals surface area contributed by atoms with E-state index >= 15 is 0 Å². The maximum atomic E-state index is 11.9. The van der Waals surface area contributed by atoms with E-state index in [0.717, 1.165) is 4.47 Å². The van der Waals surface area contributed by atoms with Crippen LogP contribution in [0.4, 0.5) is 0 Å². The summed E-state index contributed by atoms with van der Waals surface area (Å²) in [7, 11) is 0. The average molecular weight is 266 g/mol. The van der Waals surface area contributed by atoms with E-state index in [1.165, 1.54) is 6.07 Å². The number of phenolic OH excluding ortho intramolecular Hbond substituents is 1. The molecule has 0 aliphatic rings. The largest absolute Gasteiger partial charge is 0.507 e. The highest BCUT2D eigenvalue weighted by Gasteiger charge is 2.13. The number of phenols is 1. The molecule has 0 spiro atoms. The number of hydrogen-bond donors (Lipinski definition) is 2. The van der Waals surface area contributed by atoms with Crippen molar-refractivity contribution in [3.05, 3.63) is 52.3 Å². The summed E-state index contributed by atoms with van der Waals surface area (Å²) in [6.45, 7) is 0. The number of aromatic amines is 1. The summed E-state index contributed by atoms with van der Waals surface area (Å²) >= 11 is 3.25. The third-order valence-corrected chi connectivity index (χ3v) is 2.50. The minimum Gasteiger partial charge on any atom is -0.507 e. The number of carbonyl (C=O) groups excluding carboxylic acids is 1. The topological polar surface area (TPSA) is 53.1 Å². The Hall–Kier alpha value is -1.55. The van der Waals surface area contributed by atoms with Crippen molar-refractivity contribution in [2.75, 3.05) is 0 Å². The van der Waals surface area contributed by atoms with Gasteiger partial charge in [-0.05, 0) is 34.1 Å². The van der Waals surface area contributed by atoms with Crippen molar-refractivity contribution in [1.82, 2.24) is 4.98 Å². The number of halogens is 1. The molecular formula is C11H8BrNO2. The quantitative estimate of drug-likeness (QED) is 0.821. The van der Waals surface area contributed by atoms with Crippen molar-refractivity contribution in [2.24, 2.45) is 0 Å². The molecule has 76 valence electrons. The third kappa shape index (κ3) is 1.94. The van der Waals surface area contributed by atoms with Gasteiger partial charge in [-0.2, -0.15) is 0 Å².